The van der Waals surface area contributed by atoms with Crippen molar-refractivity contribution in [3.05, 3.63) is 16.3 Å². The Balaban J connectivity index is 2.70. The second-order valence-electron chi connectivity index (χ2n) is 2.49. The van der Waals surface area contributed by atoms with Crippen molar-refractivity contribution in [1.82, 2.24) is 0 Å². The van der Waals surface area contributed by atoms with E-state index < -0.39 is 0 Å². The highest BCUT2D eigenvalue weighted by atomic mass is 32.2. The molecule has 0 fully saturated rings. The fraction of sp³-hybridized carbons (Fsp3) is 0.125. The summed E-state index contributed by atoms with van der Waals surface area (Å²) in [7, 11) is 0. The van der Waals surface area contributed by atoms with Crippen LogP contribution in [0.25, 0.3) is 9.40 Å². The zero-order valence-corrected chi connectivity index (χ0v) is 7.96. The average molecular weight is 198 g/mol. The second-order valence-corrected chi connectivity index (χ2v) is 4.68. The zero-order valence-electron chi connectivity index (χ0n) is 6.33. The molecule has 0 atom stereocenters. The third kappa shape index (κ3) is 1.04. The van der Waals surface area contributed by atoms with Crippen LogP contribution >= 0.6 is 22.7 Å². The Morgan fingerprint density at radius 1 is 1.58 bits per heavy atom. The molecule has 62 valence electrons. The van der Waals surface area contributed by atoms with Crippen molar-refractivity contribution in [1.29, 1.82) is 0 Å². The lowest BCUT2D eigenvalue weighted by molar-refractivity contribution is 0.102. The van der Waals surface area contributed by atoms with E-state index in [4.69, 9.17) is 0 Å². The van der Waals surface area contributed by atoms with Crippen LogP contribution in [0, 0.1) is 0 Å². The molecule has 2 rings (SSSR count). The summed E-state index contributed by atoms with van der Waals surface area (Å²) in [5, 5.41) is 11.8. The smallest absolute Gasteiger partial charge is 0.169 e. The van der Waals surface area contributed by atoms with Gasteiger partial charge in [0.25, 0.3) is 0 Å². The molecule has 0 radical (unpaired) electrons. The van der Waals surface area contributed by atoms with Gasteiger partial charge in [-0.2, -0.15) is 0 Å². The number of carbonyl (C=O) groups is 1. The SMILES string of the molecule is CC(=O)c1cc2c(O)csc2s1. The molecule has 0 unspecified atom stereocenters. The molecule has 0 aliphatic carbocycles. The van der Waals surface area contributed by atoms with Crippen LogP contribution in [-0.4, -0.2) is 10.9 Å². The molecule has 2 aromatic rings. The van der Waals surface area contributed by atoms with E-state index in [1.165, 1.54) is 29.6 Å². The predicted octanol–water partition coefficient (Wildman–Crippen LogP) is 2.87. The Bertz CT molecular complexity index is 439. The molecule has 0 saturated carbocycles. The van der Waals surface area contributed by atoms with Gasteiger partial charge in [0.1, 0.15) is 5.75 Å². The summed E-state index contributed by atoms with van der Waals surface area (Å²) in [6, 6.07) is 1.74. The van der Waals surface area contributed by atoms with Crippen LogP contribution in [0.1, 0.15) is 16.6 Å². The standard InChI is InChI=1S/C8H6O2S2/c1-4(9)7-2-5-6(10)3-11-8(5)12-7/h2-3,10H,1H3. The molecule has 0 saturated heterocycles. The van der Waals surface area contributed by atoms with Crippen molar-refractivity contribution in [3.63, 3.8) is 0 Å². The van der Waals surface area contributed by atoms with Crippen molar-refractivity contribution in [2.24, 2.45) is 0 Å². The number of fused-ring (bicyclic) bond motifs is 1. The highest BCUT2D eigenvalue weighted by molar-refractivity contribution is 7.38. The van der Waals surface area contributed by atoms with Gasteiger partial charge in [-0.3, -0.25) is 4.79 Å². The largest absolute Gasteiger partial charge is 0.506 e. The molecule has 2 heterocycles. The van der Waals surface area contributed by atoms with E-state index in [0.717, 1.165) is 9.40 Å². The normalized spacial score (nSPS) is 10.8. The molecule has 0 aliphatic heterocycles. The monoisotopic (exact) mass is 198 g/mol. The first kappa shape index (κ1) is 7.76. The third-order valence-corrected chi connectivity index (χ3v) is 3.94. The highest BCUT2D eigenvalue weighted by Gasteiger charge is 2.09. The molecule has 0 aromatic carbocycles. The van der Waals surface area contributed by atoms with Gasteiger partial charge in [-0.1, -0.05) is 0 Å². The fourth-order valence-corrected chi connectivity index (χ4v) is 3.02. The van der Waals surface area contributed by atoms with Crippen LogP contribution in [0.4, 0.5) is 0 Å². The molecule has 0 spiro atoms. The maximum Gasteiger partial charge on any atom is 0.169 e. The van der Waals surface area contributed by atoms with Crippen LogP contribution < -0.4 is 0 Å². The molecule has 0 amide bonds. The predicted molar refractivity (Wildman–Crippen MR) is 51.4 cm³/mol. The quantitative estimate of drug-likeness (QED) is 0.715. The molecule has 0 aliphatic rings. The summed E-state index contributed by atoms with van der Waals surface area (Å²) in [4.78, 5) is 11.7. The van der Waals surface area contributed by atoms with Crippen LogP contribution in [-0.2, 0) is 0 Å². The maximum absolute atomic E-state index is 11.0. The molecule has 2 aromatic heterocycles. The molecule has 4 heteroatoms. The lowest BCUT2D eigenvalue weighted by Gasteiger charge is -1.82. The van der Waals surface area contributed by atoms with Gasteiger partial charge in [0.2, 0.25) is 0 Å². The zero-order chi connectivity index (χ0) is 8.72. The Morgan fingerprint density at radius 3 is 2.92 bits per heavy atom. The lowest BCUT2D eigenvalue weighted by atomic mass is 10.3. The molecule has 2 nitrogen and oxygen atoms in total. The minimum atomic E-state index is 0.0581. The molecule has 0 bridgehead atoms. The Morgan fingerprint density at radius 2 is 2.33 bits per heavy atom. The Labute approximate surface area is 77.1 Å². The van der Waals surface area contributed by atoms with Gasteiger partial charge in [0.05, 0.1) is 8.89 Å². The van der Waals surface area contributed by atoms with E-state index in [1.807, 2.05) is 0 Å². The van der Waals surface area contributed by atoms with E-state index >= 15 is 0 Å². The molecule has 12 heavy (non-hydrogen) atoms. The third-order valence-electron chi connectivity index (χ3n) is 1.60. The van der Waals surface area contributed by atoms with Crippen molar-refractivity contribution in [3.8, 4) is 5.75 Å². The summed E-state index contributed by atoms with van der Waals surface area (Å²) in [5.41, 5.74) is 0. The van der Waals surface area contributed by atoms with Crippen molar-refractivity contribution in [2.45, 2.75) is 6.92 Å². The summed E-state index contributed by atoms with van der Waals surface area (Å²) in [6.07, 6.45) is 0. The van der Waals surface area contributed by atoms with Crippen molar-refractivity contribution < 1.29 is 9.90 Å². The van der Waals surface area contributed by atoms with Crippen LogP contribution in [0.5, 0.6) is 5.75 Å². The molecular formula is C8H6O2S2. The number of hydrogen-bond donors (Lipinski definition) is 1. The fourth-order valence-electron chi connectivity index (χ4n) is 0.987. The first-order valence-corrected chi connectivity index (χ1v) is 5.09. The van der Waals surface area contributed by atoms with Gasteiger partial charge in [-0.25, -0.2) is 0 Å². The first-order valence-electron chi connectivity index (χ1n) is 3.39. The number of Topliss-reactive ketones (excluding diaryl/α,β-unsaturated/α-hetero) is 1. The maximum atomic E-state index is 11.0. The van der Waals surface area contributed by atoms with Crippen molar-refractivity contribution >= 4 is 37.9 Å². The van der Waals surface area contributed by atoms with Crippen LogP contribution in [0.3, 0.4) is 0 Å². The first-order chi connectivity index (χ1) is 5.68. The average Bonchev–Trinajstić information content (AvgIpc) is 2.53. The summed E-state index contributed by atoms with van der Waals surface area (Å²) in [6.45, 7) is 1.53. The molecule has 1 N–H and O–H groups in total. The number of hydrogen-bond acceptors (Lipinski definition) is 4. The minimum absolute atomic E-state index is 0.0581. The second kappa shape index (κ2) is 2.57. The summed E-state index contributed by atoms with van der Waals surface area (Å²) < 4.78 is 1.01. The van der Waals surface area contributed by atoms with E-state index in [9.17, 15) is 9.90 Å². The van der Waals surface area contributed by atoms with Gasteiger partial charge in [-0.15, -0.1) is 22.7 Å². The van der Waals surface area contributed by atoms with Gasteiger partial charge in [-0.05, 0) is 13.0 Å². The Hall–Kier alpha value is -0.870. The lowest BCUT2D eigenvalue weighted by Crippen LogP contribution is -1.83. The highest BCUT2D eigenvalue weighted by Crippen LogP contribution is 2.37. The summed E-state index contributed by atoms with van der Waals surface area (Å²) >= 11 is 2.90. The van der Waals surface area contributed by atoms with Gasteiger partial charge in [0, 0.05) is 10.8 Å². The van der Waals surface area contributed by atoms with E-state index in [0.29, 0.717) is 4.88 Å². The minimum Gasteiger partial charge on any atom is -0.506 e. The van der Waals surface area contributed by atoms with Gasteiger partial charge >= 0.3 is 0 Å². The summed E-state index contributed by atoms with van der Waals surface area (Å²) in [5.74, 6) is 0.335. The van der Waals surface area contributed by atoms with Crippen LogP contribution in [0.2, 0.25) is 0 Å². The molecular weight excluding hydrogens is 192 g/mol. The van der Waals surface area contributed by atoms with Crippen molar-refractivity contribution in [2.75, 3.05) is 0 Å². The van der Waals surface area contributed by atoms with Gasteiger partial charge < -0.3 is 5.11 Å². The van der Waals surface area contributed by atoms with Gasteiger partial charge in [0.15, 0.2) is 5.78 Å². The number of aromatic hydroxyl groups is 1. The van der Waals surface area contributed by atoms with E-state index in [2.05, 4.69) is 0 Å². The Kier molecular flexibility index (Phi) is 1.66. The number of carbonyl (C=O) groups excluding carboxylic acids is 1. The van der Waals surface area contributed by atoms with E-state index in [1.54, 1.807) is 11.4 Å². The topological polar surface area (TPSA) is 37.3 Å². The number of ketones is 1. The number of thiophene rings is 2. The van der Waals surface area contributed by atoms with Crippen LogP contribution in [0.15, 0.2) is 11.4 Å². The number of rotatable bonds is 1. The van der Waals surface area contributed by atoms with E-state index in [-0.39, 0.29) is 11.5 Å².